The smallest absolute Gasteiger partial charge is 0.0541 e. The Labute approximate surface area is 275 Å². The van der Waals surface area contributed by atoms with Crippen LogP contribution in [-0.2, 0) is 5.41 Å². The number of hydrogen-bond acceptors (Lipinski definition) is 1. The lowest BCUT2D eigenvalue weighted by atomic mass is 9.82. The Kier molecular flexibility index (Phi) is 6.20. The van der Waals surface area contributed by atoms with Crippen LogP contribution >= 0.6 is 0 Å². The summed E-state index contributed by atoms with van der Waals surface area (Å²) in [7, 11) is 0. The van der Waals surface area contributed by atoms with E-state index < -0.39 is 0 Å². The summed E-state index contributed by atoms with van der Waals surface area (Å²) >= 11 is 0. The monoisotopic (exact) mass is 602 g/mol. The van der Waals surface area contributed by atoms with Gasteiger partial charge < -0.3 is 9.88 Å². The van der Waals surface area contributed by atoms with Gasteiger partial charge in [0.2, 0.25) is 0 Å². The minimum atomic E-state index is 0.0264. The third-order valence-corrected chi connectivity index (χ3v) is 10.0. The van der Waals surface area contributed by atoms with Gasteiger partial charge in [-0.25, -0.2) is 0 Å². The van der Waals surface area contributed by atoms with Crippen LogP contribution in [0.25, 0.3) is 60.9 Å². The highest BCUT2D eigenvalue weighted by molar-refractivity contribution is 6.09. The molecule has 9 rings (SSSR count). The van der Waals surface area contributed by atoms with Crippen molar-refractivity contribution in [2.24, 2.45) is 0 Å². The van der Waals surface area contributed by atoms with Gasteiger partial charge in [-0.2, -0.15) is 0 Å². The molecule has 224 valence electrons. The largest absolute Gasteiger partial charge is 0.356 e. The van der Waals surface area contributed by atoms with Gasteiger partial charge in [0.1, 0.15) is 0 Å². The van der Waals surface area contributed by atoms with Crippen LogP contribution < -0.4 is 5.32 Å². The van der Waals surface area contributed by atoms with Crippen LogP contribution in [0.4, 0.5) is 11.4 Å². The van der Waals surface area contributed by atoms with Gasteiger partial charge in [-0.1, -0.05) is 129 Å². The second-order valence-corrected chi connectivity index (χ2v) is 13.1. The van der Waals surface area contributed by atoms with Gasteiger partial charge in [0.15, 0.2) is 0 Å². The summed E-state index contributed by atoms with van der Waals surface area (Å²) in [5.74, 6) is 0. The fraction of sp³-hybridized carbons (Fsp3) is 0.0667. The molecular formula is C45H34N2. The summed E-state index contributed by atoms with van der Waals surface area (Å²) in [6.07, 6.45) is 0. The average molecular weight is 603 g/mol. The third-order valence-electron chi connectivity index (χ3n) is 10.0. The van der Waals surface area contributed by atoms with E-state index in [9.17, 15) is 0 Å². The number of nitrogens with zero attached hydrogens (tertiary/aromatic N) is 1. The fourth-order valence-corrected chi connectivity index (χ4v) is 7.57. The Bertz CT molecular complexity index is 2370. The van der Waals surface area contributed by atoms with E-state index in [4.69, 9.17) is 0 Å². The molecule has 0 saturated heterocycles. The van der Waals surface area contributed by atoms with Crippen molar-refractivity contribution in [1.82, 2.24) is 4.57 Å². The number of benzene rings is 7. The predicted molar refractivity (Wildman–Crippen MR) is 199 cm³/mol. The van der Waals surface area contributed by atoms with Crippen molar-refractivity contribution in [1.29, 1.82) is 0 Å². The van der Waals surface area contributed by atoms with Crippen molar-refractivity contribution < 1.29 is 0 Å². The van der Waals surface area contributed by atoms with Crippen molar-refractivity contribution >= 4 is 33.2 Å². The Morgan fingerprint density at radius 3 is 1.51 bits per heavy atom. The van der Waals surface area contributed by atoms with Crippen molar-refractivity contribution in [3.05, 3.63) is 175 Å². The zero-order valence-corrected chi connectivity index (χ0v) is 26.5. The summed E-state index contributed by atoms with van der Waals surface area (Å²) in [6, 6.07) is 59.4. The van der Waals surface area contributed by atoms with Crippen molar-refractivity contribution in [2.75, 3.05) is 5.32 Å². The topological polar surface area (TPSA) is 17.0 Å². The molecule has 0 fully saturated rings. The minimum Gasteiger partial charge on any atom is -0.356 e. The van der Waals surface area contributed by atoms with Gasteiger partial charge in [0.25, 0.3) is 0 Å². The summed E-state index contributed by atoms with van der Waals surface area (Å²) in [5, 5.41) is 6.20. The molecule has 0 aliphatic heterocycles. The van der Waals surface area contributed by atoms with Gasteiger partial charge in [-0.15, -0.1) is 0 Å². The first-order chi connectivity index (χ1) is 23.0. The molecular weight excluding hydrogens is 569 g/mol. The van der Waals surface area contributed by atoms with Crippen LogP contribution in [0, 0.1) is 0 Å². The van der Waals surface area contributed by atoms with Crippen LogP contribution in [0.15, 0.2) is 164 Å². The Morgan fingerprint density at radius 2 is 0.894 bits per heavy atom. The molecule has 8 aromatic rings. The van der Waals surface area contributed by atoms with E-state index in [-0.39, 0.29) is 5.41 Å². The molecule has 2 nitrogen and oxygen atoms in total. The van der Waals surface area contributed by atoms with Gasteiger partial charge in [0.05, 0.1) is 11.0 Å². The zero-order chi connectivity index (χ0) is 31.5. The van der Waals surface area contributed by atoms with Crippen LogP contribution in [0.5, 0.6) is 0 Å². The molecule has 1 heterocycles. The molecule has 47 heavy (non-hydrogen) atoms. The normalized spacial score (nSPS) is 13.1. The second kappa shape index (κ2) is 10.6. The van der Waals surface area contributed by atoms with E-state index >= 15 is 0 Å². The summed E-state index contributed by atoms with van der Waals surface area (Å²) in [5.41, 5.74) is 16.1. The number of nitrogens with one attached hydrogen (secondary N) is 1. The van der Waals surface area contributed by atoms with Gasteiger partial charge in [-0.05, 0) is 93.0 Å². The molecule has 0 saturated carbocycles. The maximum absolute atomic E-state index is 3.63. The quantitative estimate of drug-likeness (QED) is 0.207. The summed E-state index contributed by atoms with van der Waals surface area (Å²) in [6.45, 7) is 4.64. The summed E-state index contributed by atoms with van der Waals surface area (Å²) < 4.78 is 2.36. The molecule has 1 N–H and O–H groups in total. The minimum absolute atomic E-state index is 0.0264. The van der Waals surface area contributed by atoms with Crippen LogP contribution in [-0.4, -0.2) is 4.57 Å². The van der Waals surface area contributed by atoms with E-state index in [0.29, 0.717) is 0 Å². The van der Waals surface area contributed by atoms with E-state index in [1.807, 2.05) is 0 Å². The van der Waals surface area contributed by atoms with Crippen molar-refractivity contribution in [3.8, 4) is 39.1 Å². The van der Waals surface area contributed by atoms with Gasteiger partial charge in [0, 0.05) is 33.2 Å². The van der Waals surface area contributed by atoms with Crippen molar-refractivity contribution in [2.45, 2.75) is 19.3 Å². The average Bonchev–Trinajstić information content (AvgIpc) is 3.57. The van der Waals surface area contributed by atoms with E-state index in [1.165, 1.54) is 72.0 Å². The first-order valence-electron chi connectivity index (χ1n) is 16.4. The molecule has 2 heteroatoms. The molecule has 0 unspecified atom stereocenters. The standard InChI is InChI=1S/C45H34N2/c1-45(2)41-12-6-3-9-37(41)40-29-35(25-28-42(40)45)46-34-23-19-32(20-24-34)30-15-17-31(18-16-30)33-21-26-36(27-22-33)47-43-13-7-4-10-38(43)39-11-5-8-14-44(39)47/h3-29,46H,1-2H3. The molecule has 7 aromatic carbocycles. The fourth-order valence-electron chi connectivity index (χ4n) is 7.57. The number of para-hydroxylation sites is 2. The maximum atomic E-state index is 3.63. The van der Waals surface area contributed by atoms with E-state index in [1.54, 1.807) is 0 Å². The van der Waals surface area contributed by atoms with Gasteiger partial charge in [-0.3, -0.25) is 0 Å². The lowest BCUT2D eigenvalue weighted by Crippen LogP contribution is -2.14. The number of fused-ring (bicyclic) bond motifs is 6. The molecule has 0 amide bonds. The predicted octanol–water partition coefficient (Wildman–Crippen LogP) is 12.2. The molecule has 1 aliphatic carbocycles. The molecule has 0 bridgehead atoms. The highest BCUT2D eigenvalue weighted by Crippen LogP contribution is 2.49. The highest BCUT2D eigenvalue weighted by atomic mass is 15.0. The molecule has 1 aliphatic rings. The van der Waals surface area contributed by atoms with Crippen molar-refractivity contribution in [3.63, 3.8) is 0 Å². The van der Waals surface area contributed by atoms with Crippen LogP contribution in [0.1, 0.15) is 25.0 Å². The molecule has 1 aromatic heterocycles. The van der Waals surface area contributed by atoms with Crippen LogP contribution in [0.3, 0.4) is 0 Å². The number of hydrogen-bond donors (Lipinski definition) is 1. The Balaban J connectivity index is 0.935. The number of rotatable bonds is 5. The van der Waals surface area contributed by atoms with Crippen LogP contribution in [0.2, 0.25) is 0 Å². The van der Waals surface area contributed by atoms with E-state index in [2.05, 4.69) is 188 Å². The van der Waals surface area contributed by atoms with Gasteiger partial charge >= 0.3 is 0 Å². The molecule has 0 atom stereocenters. The lowest BCUT2D eigenvalue weighted by Gasteiger charge is -2.21. The molecule has 0 radical (unpaired) electrons. The Hall–Kier alpha value is -5.86. The maximum Gasteiger partial charge on any atom is 0.0541 e. The third kappa shape index (κ3) is 4.48. The van der Waals surface area contributed by atoms with E-state index in [0.717, 1.165) is 11.4 Å². The molecule has 0 spiro atoms. The zero-order valence-electron chi connectivity index (χ0n) is 26.5. The first kappa shape index (κ1) is 27.5. The second-order valence-electron chi connectivity index (χ2n) is 13.1. The highest BCUT2D eigenvalue weighted by Gasteiger charge is 2.35. The lowest BCUT2D eigenvalue weighted by molar-refractivity contribution is 0.660. The first-order valence-corrected chi connectivity index (χ1v) is 16.4. The summed E-state index contributed by atoms with van der Waals surface area (Å²) in [4.78, 5) is 0. The number of anilines is 2. The SMILES string of the molecule is CC1(C)c2ccccc2-c2cc(Nc3ccc(-c4ccc(-c5ccc(-n6c7ccccc7c7ccccc76)cc5)cc4)cc3)ccc21. The Morgan fingerprint density at radius 1 is 0.426 bits per heavy atom. The number of aromatic nitrogens is 1.